The van der Waals surface area contributed by atoms with Crippen LogP contribution in [0.15, 0.2) is 30.3 Å². The van der Waals surface area contributed by atoms with Crippen molar-refractivity contribution in [3.05, 3.63) is 35.9 Å². The van der Waals surface area contributed by atoms with E-state index in [0.29, 0.717) is 24.4 Å². The Morgan fingerprint density at radius 2 is 1.95 bits per heavy atom. The van der Waals surface area contributed by atoms with Crippen molar-refractivity contribution in [3.63, 3.8) is 0 Å². The highest BCUT2D eigenvalue weighted by atomic mass is 16.2. The lowest BCUT2D eigenvalue weighted by Gasteiger charge is -2.23. The molecule has 0 heterocycles. The summed E-state index contributed by atoms with van der Waals surface area (Å²) in [6.07, 6.45) is 6.73. The van der Waals surface area contributed by atoms with Crippen LogP contribution in [0.3, 0.4) is 0 Å². The molecule has 2 aliphatic carbocycles. The maximum absolute atomic E-state index is 12.6. The van der Waals surface area contributed by atoms with Gasteiger partial charge in [0.25, 0.3) is 0 Å². The SMILES string of the molecule is NC[C@H]1CCC[C@H]1C(=O)NC(Cc1ccccc1)C1CC1. The molecular formula is C18H26N2O. The number of carbonyl (C=O) groups excluding carboxylic acids is 1. The van der Waals surface area contributed by atoms with Crippen LogP contribution in [0.5, 0.6) is 0 Å². The van der Waals surface area contributed by atoms with E-state index in [-0.39, 0.29) is 11.8 Å². The average molecular weight is 286 g/mol. The van der Waals surface area contributed by atoms with Crippen molar-refractivity contribution in [3.8, 4) is 0 Å². The first kappa shape index (κ1) is 14.6. The molecule has 3 atom stereocenters. The third-order valence-corrected chi connectivity index (χ3v) is 5.12. The average Bonchev–Trinajstić information content (AvgIpc) is 3.24. The normalized spacial score (nSPS) is 26.5. The summed E-state index contributed by atoms with van der Waals surface area (Å²) in [6.45, 7) is 0.644. The summed E-state index contributed by atoms with van der Waals surface area (Å²) >= 11 is 0. The Hall–Kier alpha value is -1.35. The topological polar surface area (TPSA) is 55.1 Å². The van der Waals surface area contributed by atoms with Gasteiger partial charge < -0.3 is 11.1 Å². The summed E-state index contributed by atoms with van der Waals surface area (Å²) in [4.78, 5) is 12.6. The molecule has 1 aromatic carbocycles. The van der Waals surface area contributed by atoms with Gasteiger partial charge in [0, 0.05) is 12.0 Å². The zero-order valence-corrected chi connectivity index (χ0v) is 12.6. The molecule has 3 nitrogen and oxygen atoms in total. The summed E-state index contributed by atoms with van der Waals surface area (Å²) in [5.41, 5.74) is 7.12. The number of nitrogens with one attached hydrogen (secondary N) is 1. The van der Waals surface area contributed by atoms with Gasteiger partial charge in [-0.2, -0.15) is 0 Å². The van der Waals surface area contributed by atoms with E-state index >= 15 is 0 Å². The molecule has 114 valence electrons. The molecule has 21 heavy (non-hydrogen) atoms. The van der Waals surface area contributed by atoms with Crippen molar-refractivity contribution in [2.45, 2.75) is 44.6 Å². The van der Waals surface area contributed by atoms with Crippen LogP contribution in [0.2, 0.25) is 0 Å². The molecule has 1 amide bonds. The molecule has 0 radical (unpaired) electrons. The highest BCUT2D eigenvalue weighted by Crippen LogP contribution is 2.36. The second kappa shape index (κ2) is 6.61. The highest BCUT2D eigenvalue weighted by molar-refractivity contribution is 5.79. The fourth-order valence-electron chi connectivity index (χ4n) is 3.66. The molecule has 3 rings (SSSR count). The van der Waals surface area contributed by atoms with E-state index in [1.165, 1.54) is 18.4 Å². The van der Waals surface area contributed by atoms with Crippen LogP contribution < -0.4 is 11.1 Å². The minimum atomic E-state index is 0.145. The van der Waals surface area contributed by atoms with E-state index < -0.39 is 0 Å². The summed E-state index contributed by atoms with van der Waals surface area (Å²) in [6, 6.07) is 10.8. The molecule has 0 bridgehead atoms. The van der Waals surface area contributed by atoms with Gasteiger partial charge in [0.15, 0.2) is 0 Å². The summed E-state index contributed by atoms with van der Waals surface area (Å²) in [5.74, 6) is 1.45. The number of hydrogen-bond donors (Lipinski definition) is 2. The molecule has 2 aliphatic rings. The quantitative estimate of drug-likeness (QED) is 0.844. The Labute approximate surface area is 127 Å². The van der Waals surface area contributed by atoms with Crippen molar-refractivity contribution in [1.29, 1.82) is 0 Å². The van der Waals surface area contributed by atoms with Gasteiger partial charge in [0.2, 0.25) is 5.91 Å². The van der Waals surface area contributed by atoms with Gasteiger partial charge in [0.05, 0.1) is 0 Å². The first-order valence-electron chi connectivity index (χ1n) is 8.32. The minimum Gasteiger partial charge on any atom is -0.353 e. The summed E-state index contributed by atoms with van der Waals surface area (Å²) in [5, 5.41) is 3.34. The van der Waals surface area contributed by atoms with Crippen LogP contribution >= 0.6 is 0 Å². The Morgan fingerprint density at radius 3 is 2.62 bits per heavy atom. The van der Waals surface area contributed by atoms with E-state index in [1.807, 2.05) is 6.07 Å². The number of nitrogens with two attached hydrogens (primary N) is 1. The van der Waals surface area contributed by atoms with E-state index in [4.69, 9.17) is 5.73 Å². The molecule has 0 saturated heterocycles. The smallest absolute Gasteiger partial charge is 0.223 e. The van der Waals surface area contributed by atoms with Crippen LogP contribution in [-0.4, -0.2) is 18.5 Å². The van der Waals surface area contributed by atoms with Crippen molar-refractivity contribution < 1.29 is 4.79 Å². The molecule has 3 N–H and O–H groups in total. The Bertz CT molecular complexity index is 469. The fraction of sp³-hybridized carbons (Fsp3) is 0.611. The molecule has 0 spiro atoms. The Balaban J connectivity index is 1.61. The van der Waals surface area contributed by atoms with Gasteiger partial charge in [-0.05, 0) is 56.0 Å². The highest BCUT2D eigenvalue weighted by Gasteiger charge is 2.36. The van der Waals surface area contributed by atoms with Crippen LogP contribution in [0.1, 0.15) is 37.7 Å². The van der Waals surface area contributed by atoms with Crippen molar-refractivity contribution in [2.75, 3.05) is 6.54 Å². The molecule has 2 saturated carbocycles. The van der Waals surface area contributed by atoms with Gasteiger partial charge in [0.1, 0.15) is 0 Å². The number of benzene rings is 1. The van der Waals surface area contributed by atoms with Crippen molar-refractivity contribution >= 4 is 5.91 Å². The first-order chi connectivity index (χ1) is 10.3. The molecule has 1 unspecified atom stereocenters. The van der Waals surface area contributed by atoms with Crippen molar-refractivity contribution in [1.82, 2.24) is 5.32 Å². The van der Waals surface area contributed by atoms with E-state index in [2.05, 4.69) is 29.6 Å². The zero-order chi connectivity index (χ0) is 14.7. The predicted molar refractivity (Wildman–Crippen MR) is 84.7 cm³/mol. The molecule has 3 heteroatoms. The van der Waals surface area contributed by atoms with Crippen LogP contribution in [0, 0.1) is 17.8 Å². The second-order valence-electron chi connectivity index (χ2n) is 6.68. The van der Waals surface area contributed by atoms with E-state index in [1.54, 1.807) is 0 Å². The molecule has 1 aromatic rings. The monoisotopic (exact) mass is 286 g/mol. The predicted octanol–water partition coefficient (Wildman–Crippen LogP) is 2.50. The zero-order valence-electron chi connectivity index (χ0n) is 12.6. The third-order valence-electron chi connectivity index (χ3n) is 5.12. The fourth-order valence-corrected chi connectivity index (χ4v) is 3.66. The first-order valence-corrected chi connectivity index (χ1v) is 8.32. The van der Waals surface area contributed by atoms with Crippen LogP contribution in [0.25, 0.3) is 0 Å². The Kier molecular flexibility index (Phi) is 4.59. The number of rotatable bonds is 6. The van der Waals surface area contributed by atoms with Crippen LogP contribution in [-0.2, 0) is 11.2 Å². The Morgan fingerprint density at radius 1 is 1.19 bits per heavy atom. The second-order valence-corrected chi connectivity index (χ2v) is 6.68. The molecule has 0 aromatic heterocycles. The van der Waals surface area contributed by atoms with Crippen LogP contribution in [0.4, 0.5) is 0 Å². The summed E-state index contributed by atoms with van der Waals surface area (Å²) in [7, 11) is 0. The van der Waals surface area contributed by atoms with Crippen molar-refractivity contribution in [2.24, 2.45) is 23.5 Å². The van der Waals surface area contributed by atoms with Gasteiger partial charge in [-0.15, -0.1) is 0 Å². The lowest BCUT2D eigenvalue weighted by atomic mass is 9.94. The lowest BCUT2D eigenvalue weighted by Crippen LogP contribution is -2.43. The lowest BCUT2D eigenvalue weighted by molar-refractivity contribution is -0.126. The molecule has 0 aliphatic heterocycles. The summed E-state index contributed by atoms with van der Waals surface area (Å²) < 4.78 is 0. The van der Waals surface area contributed by atoms with Gasteiger partial charge >= 0.3 is 0 Å². The van der Waals surface area contributed by atoms with E-state index in [0.717, 1.165) is 25.7 Å². The standard InChI is InChI=1S/C18H26N2O/c19-12-15-7-4-8-16(15)18(21)20-17(14-9-10-14)11-13-5-2-1-3-6-13/h1-3,5-6,14-17H,4,7-12,19H2,(H,20,21)/t15-,16-,17?/m1/s1. The molecular weight excluding hydrogens is 260 g/mol. The maximum atomic E-state index is 12.6. The maximum Gasteiger partial charge on any atom is 0.223 e. The van der Waals surface area contributed by atoms with E-state index in [9.17, 15) is 4.79 Å². The number of amides is 1. The number of carbonyl (C=O) groups is 1. The van der Waals surface area contributed by atoms with Gasteiger partial charge in [-0.3, -0.25) is 4.79 Å². The van der Waals surface area contributed by atoms with Gasteiger partial charge in [-0.1, -0.05) is 36.8 Å². The number of hydrogen-bond acceptors (Lipinski definition) is 2. The minimum absolute atomic E-state index is 0.145. The largest absolute Gasteiger partial charge is 0.353 e. The third kappa shape index (κ3) is 3.65. The van der Waals surface area contributed by atoms with Gasteiger partial charge in [-0.25, -0.2) is 0 Å². The molecule has 2 fully saturated rings.